The first-order valence-corrected chi connectivity index (χ1v) is 14.5. The summed E-state index contributed by atoms with van der Waals surface area (Å²) in [7, 11) is 0. The minimum Gasteiger partial charge on any atom is -0.250 e. The molecule has 0 N–H and O–H groups in total. The first-order chi connectivity index (χ1) is 21.2. The number of nitrogens with zero attached hydrogens (tertiary/aromatic N) is 2. The number of aromatic nitrogens is 1. The molecule has 1 heterocycles. The van der Waals surface area contributed by atoms with Crippen LogP contribution in [-0.2, 0) is 0 Å². The summed E-state index contributed by atoms with van der Waals surface area (Å²) < 4.78 is 0. The molecule has 6 aromatic carbocycles. The highest BCUT2D eigenvalue weighted by molar-refractivity contribution is 6.10. The lowest BCUT2D eigenvalue weighted by Crippen LogP contribution is -1.98. The number of hydrogen-bond acceptors (Lipinski definition) is 2. The Morgan fingerprint density at radius 1 is 0.581 bits per heavy atom. The van der Waals surface area contributed by atoms with Crippen molar-refractivity contribution in [2.45, 2.75) is 6.92 Å². The molecule has 0 unspecified atom stereocenters. The van der Waals surface area contributed by atoms with Gasteiger partial charge in [-0.1, -0.05) is 152 Å². The van der Waals surface area contributed by atoms with Crippen LogP contribution in [0.25, 0.3) is 49.6 Å². The van der Waals surface area contributed by atoms with E-state index in [1.165, 1.54) is 10.8 Å². The number of hydrogen-bond donors (Lipinski definition) is 0. The van der Waals surface area contributed by atoms with Crippen molar-refractivity contribution in [1.82, 2.24) is 4.98 Å². The molecule has 0 spiro atoms. The first kappa shape index (κ1) is 26.3. The van der Waals surface area contributed by atoms with Gasteiger partial charge in [-0.2, -0.15) is 0 Å². The molecule has 1 aromatic heterocycles. The van der Waals surface area contributed by atoms with E-state index < -0.39 is 0 Å². The highest BCUT2D eigenvalue weighted by atomic mass is 14.8. The summed E-state index contributed by atoms with van der Waals surface area (Å²) >= 11 is 0. The highest BCUT2D eigenvalue weighted by Gasteiger charge is 2.19. The van der Waals surface area contributed by atoms with Crippen molar-refractivity contribution in [3.63, 3.8) is 0 Å². The second-order valence-electron chi connectivity index (χ2n) is 10.7. The van der Waals surface area contributed by atoms with Crippen molar-refractivity contribution < 1.29 is 0 Å². The van der Waals surface area contributed by atoms with Crippen LogP contribution >= 0.6 is 0 Å². The van der Waals surface area contributed by atoms with Crippen LogP contribution < -0.4 is 0 Å². The summed E-state index contributed by atoms with van der Waals surface area (Å²) in [5.41, 5.74) is 10.9. The van der Waals surface area contributed by atoms with Crippen molar-refractivity contribution in [2.24, 2.45) is 4.99 Å². The van der Waals surface area contributed by atoms with E-state index in [0.29, 0.717) is 0 Å². The number of pyridine rings is 1. The smallest absolute Gasteiger partial charge is 0.0978 e. The molecule has 43 heavy (non-hydrogen) atoms. The van der Waals surface area contributed by atoms with Crippen LogP contribution in [-0.4, -0.2) is 10.7 Å². The quantitative estimate of drug-likeness (QED) is 0.189. The third-order valence-corrected chi connectivity index (χ3v) is 8.02. The van der Waals surface area contributed by atoms with E-state index >= 15 is 0 Å². The van der Waals surface area contributed by atoms with Gasteiger partial charge < -0.3 is 0 Å². The van der Waals surface area contributed by atoms with Crippen molar-refractivity contribution in [2.75, 3.05) is 0 Å². The zero-order valence-corrected chi connectivity index (χ0v) is 24.0. The molecule has 0 saturated heterocycles. The third-order valence-electron chi connectivity index (χ3n) is 8.02. The van der Waals surface area contributed by atoms with E-state index in [1.54, 1.807) is 0 Å². The monoisotopic (exact) mass is 550 g/mol. The standard InChI is InChI=1S/C41H30N2/c1-28(34-24-14-22-31-19-12-13-23-36(31)34)35-25-26-37-38(32-17-8-4-9-18-32)27-39(33-20-10-5-11-21-33)43-41(37)40(35)42-29(2)30-15-6-3-7-16-30/h3-27H,1H2,2H3/b42-29+. The first-order valence-electron chi connectivity index (χ1n) is 14.5. The molecule has 0 aliphatic carbocycles. The number of aliphatic imine (C=N–C) groups is 1. The third kappa shape index (κ3) is 5.05. The lowest BCUT2D eigenvalue weighted by atomic mass is 9.90. The molecule has 7 aromatic rings. The lowest BCUT2D eigenvalue weighted by molar-refractivity contribution is 1.37. The molecule has 0 bridgehead atoms. The molecule has 0 atom stereocenters. The predicted octanol–water partition coefficient (Wildman–Crippen LogP) is 10.9. The Bertz CT molecular complexity index is 2120. The van der Waals surface area contributed by atoms with Gasteiger partial charge in [0.15, 0.2) is 0 Å². The van der Waals surface area contributed by atoms with Crippen LogP contribution in [0.3, 0.4) is 0 Å². The van der Waals surface area contributed by atoms with Gasteiger partial charge >= 0.3 is 0 Å². The maximum Gasteiger partial charge on any atom is 0.0978 e. The number of fused-ring (bicyclic) bond motifs is 2. The van der Waals surface area contributed by atoms with E-state index in [9.17, 15) is 0 Å². The summed E-state index contributed by atoms with van der Waals surface area (Å²) in [6.45, 7) is 6.72. The second kappa shape index (κ2) is 11.3. The Kier molecular flexibility index (Phi) is 6.94. The maximum absolute atomic E-state index is 5.35. The molecular weight excluding hydrogens is 520 g/mol. The fourth-order valence-electron chi connectivity index (χ4n) is 5.79. The Morgan fingerprint density at radius 3 is 1.95 bits per heavy atom. The SMILES string of the molecule is C=C(c1ccc2c(-c3ccccc3)cc(-c3ccccc3)nc2c1/N=C(\C)c1ccccc1)c1cccc2ccccc12. The fourth-order valence-corrected chi connectivity index (χ4v) is 5.79. The zero-order valence-electron chi connectivity index (χ0n) is 24.0. The molecule has 2 heteroatoms. The van der Waals surface area contributed by atoms with Gasteiger partial charge in [0.1, 0.15) is 0 Å². The van der Waals surface area contributed by atoms with Gasteiger partial charge in [0, 0.05) is 22.2 Å². The van der Waals surface area contributed by atoms with Gasteiger partial charge in [0.25, 0.3) is 0 Å². The summed E-state index contributed by atoms with van der Waals surface area (Å²) in [5, 5.41) is 3.41. The Balaban J connectivity index is 1.55. The fraction of sp³-hybridized carbons (Fsp3) is 0.0244. The van der Waals surface area contributed by atoms with Crippen molar-refractivity contribution in [1.29, 1.82) is 0 Å². The average Bonchev–Trinajstić information content (AvgIpc) is 3.08. The minimum absolute atomic E-state index is 0.826. The van der Waals surface area contributed by atoms with Gasteiger partial charge in [-0.25, -0.2) is 4.98 Å². The largest absolute Gasteiger partial charge is 0.250 e. The maximum atomic E-state index is 5.35. The molecule has 7 rings (SSSR count). The van der Waals surface area contributed by atoms with Crippen LogP contribution in [0.5, 0.6) is 0 Å². The Morgan fingerprint density at radius 2 is 1.21 bits per heavy atom. The molecule has 0 fully saturated rings. The summed E-state index contributed by atoms with van der Waals surface area (Å²) in [6, 6.07) is 52.6. The van der Waals surface area contributed by atoms with E-state index in [4.69, 9.17) is 9.98 Å². The van der Waals surface area contributed by atoms with Gasteiger partial charge in [-0.15, -0.1) is 0 Å². The van der Waals surface area contributed by atoms with Crippen LogP contribution in [0.2, 0.25) is 0 Å². The molecular formula is C41H30N2. The molecule has 0 saturated carbocycles. The lowest BCUT2D eigenvalue weighted by Gasteiger charge is -2.17. The topological polar surface area (TPSA) is 25.2 Å². The van der Waals surface area contributed by atoms with Crippen molar-refractivity contribution in [3.8, 4) is 22.4 Å². The molecule has 0 amide bonds. The molecule has 2 nitrogen and oxygen atoms in total. The van der Waals surface area contributed by atoms with Gasteiger partial charge in [-0.3, -0.25) is 4.99 Å². The van der Waals surface area contributed by atoms with Gasteiger partial charge in [0.05, 0.1) is 16.9 Å². The molecule has 0 aliphatic heterocycles. The molecule has 0 radical (unpaired) electrons. The molecule has 0 aliphatic rings. The van der Waals surface area contributed by atoms with Crippen LogP contribution in [0.1, 0.15) is 23.6 Å². The van der Waals surface area contributed by atoms with Crippen LogP contribution in [0.4, 0.5) is 5.69 Å². The van der Waals surface area contributed by atoms with Gasteiger partial charge in [-0.05, 0) is 51.6 Å². The highest BCUT2D eigenvalue weighted by Crippen LogP contribution is 2.42. The second-order valence-corrected chi connectivity index (χ2v) is 10.7. The Labute approximate surface area is 252 Å². The predicted molar refractivity (Wildman–Crippen MR) is 183 cm³/mol. The van der Waals surface area contributed by atoms with E-state index in [2.05, 4.69) is 141 Å². The van der Waals surface area contributed by atoms with Crippen molar-refractivity contribution in [3.05, 3.63) is 175 Å². The van der Waals surface area contributed by atoms with E-state index in [1.807, 2.05) is 24.3 Å². The summed E-state index contributed by atoms with van der Waals surface area (Å²) in [6.07, 6.45) is 0. The summed E-state index contributed by atoms with van der Waals surface area (Å²) in [4.78, 5) is 10.7. The van der Waals surface area contributed by atoms with E-state index in [0.717, 1.165) is 66.9 Å². The average molecular weight is 551 g/mol. The minimum atomic E-state index is 0.826. The van der Waals surface area contributed by atoms with E-state index in [-0.39, 0.29) is 0 Å². The van der Waals surface area contributed by atoms with Crippen LogP contribution in [0, 0.1) is 0 Å². The summed E-state index contributed by atoms with van der Waals surface area (Å²) in [5.74, 6) is 0. The normalized spacial score (nSPS) is 11.6. The Hall–Kier alpha value is -5.60. The number of benzene rings is 6. The number of rotatable bonds is 6. The zero-order chi connectivity index (χ0) is 29.2. The molecule has 204 valence electrons. The van der Waals surface area contributed by atoms with Crippen LogP contribution in [0.15, 0.2) is 163 Å². The van der Waals surface area contributed by atoms with Crippen molar-refractivity contribution >= 4 is 38.6 Å². The van der Waals surface area contributed by atoms with Gasteiger partial charge in [0.2, 0.25) is 0 Å².